The number of nitrogens with zero attached hydrogens (tertiary/aromatic N) is 1. The fourth-order valence-corrected chi connectivity index (χ4v) is 3.92. The van der Waals surface area contributed by atoms with E-state index >= 15 is 0 Å². The van der Waals surface area contributed by atoms with Gasteiger partial charge in [-0.2, -0.15) is 0 Å². The molecule has 2 N–H and O–H groups in total. The van der Waals surface area contributed by atoms with Gasteiger partial charge in [-0.1, -0.05) is 19.9 Å². The van der Waals surface area contributed by atoms with Crippen molar-refractivity contribution in [1.82, 2.24) is 5.32 Å². The molecule has 1 aliphatic heterocycles. The minimum absolute atomic E-state index is 0.180. The SMILES string of the molecule is CC(C)CNC(=O)Nc1cccc(N2CCCCS2(=O)=O)c1. The van der Waals surface area contributed by atoms with Crippen molar-refractivity contribution in [3.63, 3.8) is 0 Å². The van der Waals surface area contributed by atoms with Crippen LogP contribution in [0.25, 0.3) is 0 Å². The molecule has 1 aromatic carbocycles. The monoisotopic (exact) mass is 325 g/mol. The van der Waals surface area contributed by atoms with Gasteiger partial charge in [0.15, 0.2) is 0 Å². The van der Waals surface area contributed by atoms with E-state index in [9.17, 15) is 13.2 Å². The number of benzene rings is 1. The van der Waals surface area contributed by atoms with Crippen molar-refractivity contribution in [3.05, 3.63) is 24.3 Å². The molecule has 1 saturated heterocycles. The number of carbonyl (C=O) groups is 1. The van der Waals surface area contributed by atoms with Crippen molar-refractivity contribution in [1.29, 1.82) is 0 Å². The third-order valence-electron chi connectivity index (χ3n) is 3.41. The number of amides is 2. The van der Waals surface area contributed by atoms with Gasteiger partial charge in [-0.25, -0.2) is 13.2 Å². The Labute approximate surface area is 131 Å². The number of hydrogen-bond donors (Lipinski definition) is 2. The van der Waals surface area contributed by atoms with Gasteiger partial charge in [-0.05, 0) is 37.0 Å². The van der Waals surface area contributed by atoms with Crippen LogP contribution in [0.4, 0.5) is 16.2 Å². The maximum atomic E-state index is 12.1. The maximum absolute atomic E-state index is 12.1. The zero-order valence-corrected chi connectivity index (χ0v) is 13.8. The molecule has 0 saturated carbocycles. The van der Waals surface area contributed by atoms with Crippen LogP contribution in [0.2, 0.25) is 0 Å². The Balaban J connectivity index is 2.08. The summed E-state index contributed by atoms with van der Waals surface area (Å²) in [6.45, 7) is 5.11. The van der Waals surface area contributed by atoms with Gasteiger partial charge in [0.05, 0.1) is 11.4 Å². The first-order valence-corrected chi connectivity index (χ1v) is 9.15. The Morgan fingerprint density at radius 1 is 1.32 bits per heavy atom. The van der Waals surface area contributed by atoms with Crippen LogP contribution in [0.5, 0.6) is 0 Å². The molecule has 1 aromatic rings. The van der Waals surface area contributed by atoms with Crippen LogP contribution in [0.1, 0.15) is 26.7 Å². The number of hydrogen-bond acceptors (Lipinski definition) is 3. The topological polar surface area (TPSA) is 78.5 Å². The standard InChI is InChI=1S/C15H23N3O3S/c1-12(2)11-16-15(19)17-13-6-5-7-14(10-13)18-8-3-4-9-22(18,20)21/h5-7,10,12H,3-4,8-9,11H2,1-2H3,(H2,16,17,19). The van der Waals surface area contributed by atoms with Crippen molar-refractivity contribution in [2.75, 3.05) is 28.5 Å². The highest BCUT2D eigenvalue weighted by Gasteiger charge is 2.26. The molecule has 2 rings (SSSR count). The minimum Gasteiger partial charge on any atom is -0.338 e. The van der Waals surface area contributed by atoms with Gasteiger partial charge < -0.3 is 10.6 Å². The molecule has 0 radical (unpaired) electrons. The summed E-state index contributed by atoms with van der Waals surface area (Å²) in [6, 6.07) is 6.65. The van der Waals surface area contributed by atoms with E-state index in [2.05, 4.69) is 10.6 Å². The molecule has 0 bridgehead atoms. The molecule has 7 heteroatoms. The lowest BCUT2D eigenvalue weighted by Crippen LogP contribution is -2.38. The molecule has 122 valence electrons. The van der Waals surface area contributed by atoms with Crippen LogP contribution in [0.3, 0.4) is 0 Å². The molecule has 0 aromatic heterocycles. The number of urea groups is 1. The van der Waals surface area contributed by atoms with E-state index in [1.54, 1.807) is 24.3 Å². The Morgan fingerprint density at radius 2 is 2.09 bits per heavy atom. The van der Waals surface area contributed by atoms with Crippen molar-refractivity contribution in [2.45, 2.75) is 26.7 Å². The number of nitrogens with one attached hydrogen (secondary N) is 2. The average Bonchev–Trinajstić information content (AvgIpc) is 2.45. The molecule has 1 aliphatic rings. The summed E-state index contributed by atoms with van der Waals surface area (Å²) < 4.78 is 25.7. The lowest BCUT2D eigenvalue weighted by atomic mass is 10.2. The first-order valence-electron chi connectivity index (χ1n) is 7.54. The summed E-state index contributed by atoms with van der Waals surface area (Å²) in [7, 11) is -3.24. The highest BCUT2D eigenvalue weighted by atomic mass is 32.2. The molecular weight excluding hydrogens is 302 g/mol. The van der Waals surface area contributed by atoms with E-state index < -0.39 is 10.0 Å². The Kier molecular flexibility index (Phi) is 5.28. The lowest BCUT2D eigenvalue weighted by molar-refractivity contribution is 0.251. The summed E-state index contributed by atoms with van der Waals surface area (Å²) >= 11 is 0. The second-order valence-electron chi connectivity index (χ2n) is 5.87. The molecule has 0 spiro atoms. The first-order chi connectivity index (χ1) is 10.4. The molecular formula is C15H23N3O3S. The van der Waals surface area contributed by atoms with E-state index in [4.69, 9.17) is 0 Å². The molecule has 1 fully saturated rings. The molecule has 6 nitrogen and oxygen atoms in total. The molecule has 0 unspecified atom stereocenters. The minimum atomic E-state index is -3.24. The summed E-state index contributed by atoms with van der Waals surface area (Å²) in [5, 5.41) is 5.50. The molecule has 2 amide bonds. The van der Waals surface area contributed by atoms with E-state index in [1.165, 1.54) is 4.31 Å². The number of rotatable bonds is 4. The highest BCUT2D eigenvalue weighted by molar-refractivity contribution is 7.92. The highest BCUT2D eigenvalue weighted by Crippen LogP contribution is 2.25. The van der Waals surface area contributed by atoms with Crippen molar-refractivity contribution < 1.29 is 13.2 Å². The predicted molar refractivity (Wildman–Crippen MR) is 88.7 cm³/mol. The smallest absolute Gasteiger partial charge is 0.319 e. The molecule has 22 heavy (non-hydrogen) atoms. The van der Waals surface area contributed by atoms with Gasteiger partial charge in [0.2, 0.25) is 10.0 Å². The predicted octanol–water partition coefficient (Wildman–Crippen LogP) is 2.39. The summed E-state index contributed by atoms with van der Waals surface area (Å²) in [6.07, 6.45) is 1.56. The fourth-order valence-electron chi connectivity index (χ4n) is 2.29. The lowest BCUT2D eigenvalue weighted by Gasteiger charge is -2.28. The number of carbonyl (C=O) groups excluding carboxylic acids is 1. The Hall–Kier alpha value is -1.76. The van der Waals surface area contributed by atoms with Gasteiger partial charge in [-0.15, -0.1) is 0 Å². The molecule has 1 heterocycles. The van der Waals surface area contributed by atoms with Crippen LogP contribution in [-0.4, -0.2) is 33.3 Å². The van der Waals surface area contributed by atoms with Crippen LogP contribution in [-0.2, 0) is 10.0 Å². The maximum Gasteiger partial charge on any atom is 0.319 e. The summed E-state index contributed by atoms with van der Waals surface area (Å²) in [5.74, 6) is 0.551. The third-order valence-corrected chi connectivity index (χ3v) is 5.28. The van der Waals surface area contributed by atoms with Gasteiger partial charge >= 0.3 is 6.03 Å². The second kappa shape index (κ2) is 7.00. The number of sulfonamides is 1. The zero-order valence-electron chi connectivity index (χ0n) is 13.0. The van der Waals surface area contributed by atoms with Gasteiger partial charge in [0.1, 0.15) is 0 Å². The summed E-state index contributed by atoms with van der Waals surface area (Å²) in [5.41, 5.74) is 1.18. The Bertz CT molecular complexity index is 629. The second-order valence-corrected chi connectivity index (χ2v) is 7.89. The number of anilines is 2. The van der Waals surface area contributed by atoms with Gasteiger partial charge in [0.25, 0.3) is 0 Å². The normalized spacial score (nSPS) is 17.3. The van der Waals surface area contributed by atoms with Crippen molar-refractivity contribution >= 4 is 27.4 Å². The quantitative estimate of drug-likeness (QED) is 0.892. The van der Waals surface area contributed by atoms with Gasteiger partial charge in [0, 0.05) is 18.8 Å². The first kappa shape index (κ1) is 16.6. The van der Waals surface area contributed by atoms with E-state index in [-0.39, 0.29) is 11.8 Å². The van der Waals surface area contributed by atoms with Crippen LogP contribution in [0, 0.1) is 5.92 Å². The zero-order chi connectivity index (χ0) is 16.2. The summed E-state index contributed by atoms with van der Waals surface area (Å²) in [4.78, 5) is 11.8. The molecule has 0 atom stereocenters. The van der Waals surface area contributed by atoms with E-state index in [1.807, 2.05) is 13.8 Å². The van der Waals surface area contributed by atoms with Crippen LogP contribution in [0.15, 0.2) is 24.3 Å². The third kappa shape index (κ3) is 4.37. The molecule has 0 aliphatic carbocycles. The van der Waals surface area contributed by atoms with Crippen LogP contribution >= 0.6 is 0 Å². The van der Waals surface area contributed by atoms with Crippen LogP contribution < -0.4 is 14.9 Å². The Morgan fingerprint density at radius 3 is 2.77 bits per heavy atom. The fraction of sp³-hybridized carbons (Fsp3) is 0.533. The van der Waals surface area contributed by atoms with Crippen molar-refractivity contribution in [3.8, 4) is 0 Å². The largest absolute Gasteiger partial charge is 0.338 e. The van der Waals surface area contributed by atoms with E-state index in [0.29, 0.717) is 36.8 Å². The van der Waals surface area contributed by atoms with Gasteiger partial charge in [-0.3, -0.25) is 4.31 Å². The van der Waals surface area contributed by atoms with E-state index in [0.717, 1.165) is 6.42 Å². The van der Waals surface area contributed by atoms with Crippen molar-refractivity contribution in [2.24, 2.45) is 5.92 Å². The average molecular weight is 325 g/mol.